The fourth-order valence-electron chi connectivity index (χ4n) is 2.13. The first-order valence-electron chi connectivity index (χ1n) is 5.92. The number of rotatable bonds is 3. The zero-order chi connectivity index (χ0) is 14.0. The molecule has 1 N–H and O–H groups in total. The zero-order valence-corrected chi connectivity index (χ0v) is 10.1. The summed E-state index contributed by atoms with van der Waals surface area (Å²) in [4.78, 5) is 23.9. The van der Waals surface area contributed by atoms with Gasteiger partial charge in [-0.05, 0) is 24.6 Å². The molecule has 1 atom stereocenters. The number of carbonyl (C=O) groups is 2. The second-order valence-corrected chi connectivity index (χ2v) is 4.58. The van der Waals surface area contributed by atoms with Crippen LogP contribution in [0.15, 0.2) is 18.2 Å². The number of carboxylic acid groups (broad SMARTS) is 1. The molecule has 1 fully saturated rings. The molecule has 0 saturated carbocycles. The Bertz CT molecular complexity index is 519. The molecule has 0 bridgehead atoms. The number of nitrogens with zero attached hydrogens (tertiary/aromatic N) is 1. The minimum absolute atomic E-state index is 0.0330. The lowest BCUT2D eigenvalue weighted by molar-refractivity contribution is -0.149. The largest absolute Gasteiger partial charge is 0.481 e. The molecule has 0 aromatic heterocycles. The van der Waals surface area contributed by atoms with Crippen LogP contribution in [0.1, 0.15) is 18.4 Å². The normalized spacial score (nSPS) is 19.6. The van der Waals surface area contributed by atoms with E-state index in [1.165, 1.54) is 4.90 Å². The van der Waals surface area contributed by atoms with E-state index in [-0.39, 0.29) is 31.0 Å². The number of carbonyl (C=O) groups excluding carboxylic acids is 1. The highest BCUT2D eigenvalue weighted by molar-refractivity contribution is 5.83. The van der Waals surface area contributed by atoms with Crippen LogP contribution in [0.5, 0.6) is 0 Å². The number of likely N-dealkylation sites (tertiary alicyclic amines) is 1. The summed E-state index contributed by atoms with van der Waals surface area (Å²) in [7, 11) is 0. The van der Waals surface area contributed by atoms with Gasteiger partial charge < -0.3 is 10.0 Å². The van der Waals surface area contributed by atoms with Crippen LogP contribution in [0.3, 0.4) is 0 Å². The van der Waals surface area contributed by atoms with Crippen LogP contribution in [0, 0.1) is 17.6 Å². The van der Waals surface area contributed by atoms with Crippen molar-refractivity contribution in [1.82, 2.24) is 4.90 Å². The molecule has 1 heterocycles. The molecule has 19 heavy (non-hydrogen) atoms. The van der Waals surface area contributed by atoms with Crippen molar-refractivity contribution in [1.29, 1.82) is 0 Å². The van der Waals surface area contributed by atoms with Crippen LogP contribution in [0.2, 0.25) is 0 Å². The van der Waals surface area contributed by atoms with Crippen LogP contribution in [0.25, 0.3) is 0 Å². The second kappa shape index (κ2) is 5.34. The van der Waals surface area contributed by atoms with E-state index >= 15 is 0 Å². The van der Waals surface area contributed by atoms with Gasteiger partial charge in [0.25, 0.3) is 0 Å². The summed E-state index contributed by atoms with van der Waals surface area (Å²) in [5, 5.41) is 8.83. The van der Waals surface area contributed by atoms with Gasteiger partial charge in [0.2, 0.25) is 5.91 Å². The van der Waals surface area contributed by atoms with Gasteiger partial charge in [-0.2, -0.15) is 0 Å². The van der Waals surface area contributed by atoms with Crippen molar-refractivity contribution >= 4 is 11.9 Å². The smallest absolute Gasteiger partial charge is 0.307 e. The minimum Gasteiger partial charge on any atom is -0.481 e. The SMILES string of the molecule is O=C(O)C1CCN(Cc2cc(F)ccc2F)C(=O)C1. The molecule has 1 aliphatic rings. The summed E-state index contributed by atoms with van der Waals surface area (Å²) < 4.78 is 26.5. The van der Waals surface area contributed by atoms with E-state index < -0.39 is 23.5 Å². The maximum absolute atomic E-state index is 13.5. The number of benzene rings is 1. The molecule has 0 radical (unpaired) electrons. The van der Waals surface area contributed by atoms with Crippen molar-refractivity contribution in [2.45, 2.75) is 19.4 Å². The summed E-state index contributed by atoms with van der Waals surface area (Å²) in [6, 6.07) is 3.07. The summed E-state index contributed by atoms with van der Waals surface area (Å²) in [5.74, 6) is -3.16. The van der Waals surface area contributed by atoms with Crippen LogP contribution < -0.4 is 0 Å². The number of halogens is 2. The van der Waals surface area contributed by atoms with Crippen LogP contribution in [0.4, 0.5) is 8.78 Å². The van der Waals surface area contributed by atoms with Crippen LogP contribution in [-0.4, -0.2) is 28.4 Å². The highest BCUT2D eigenvalue weighted by Crippen LogP contribution is 2.21. The van der Waals surface area contributed by atoms with Gasteiger partial charge in [-0.1, -0.05) is 0 Å². The molecule has 1 unspecified atom stereocenters. The Hall–Kier alpha value is -1.98. The van der Waals surface area contributed by atoms with E-state index in [0.29, 0.717) is 6.42 Å². The van der Waals surface area contributed by atoms with Crippen molar-refractivity contribution in [3.8, 4) is 0 Å². The van der Waals surface area contributed by atoms with E-state index in [1.807, 2.05) is 0 Å². The lowest BCUT2D eigenvalue weighted by Crippen LogP contribution is -2.40. The topological polar surface area (TPSA) is 57.6 Å². The molecule has 6 heteroatoms. The second-order valence-electron chi connectivity index (χ2n) is 4.58. The third-order valence-electron chi connectivity index (χ3n) is 3.24. The first-order chi connectivity index (χ1) is 8.97. The number of piperidine rings is 1. The van der Waals surface area contributed by atoms with Crippen molar-refractivity contribution in [2.24, 2.45) is 5.92 Å². The van der Waals surface area contributed by atoms with Crippen molar-refractivity contribution < 1.29 is 23.5 Å². The lowest BCUT2D eigenvalue weighted by Gasteiger charge is -2.30. The standard InChI is InChI=1S/C13H13F2NO3/c14-10-1-2-11(15)9(5-10)7-16-4-3-8(13(18)19)6-12(16)17/h1-2,5,8H,3-4,6-7H2,(H,18,19). The number of aliphatic carboxylic acids is 1. The van der Waals surface area contributed by atoms with Gasteiger partial charge in [-0.15, -0.1) is 0 Å². The Morgan fingerprint density at radius 1 is 1.42 bits per heavy atom. The summed E-state index contributed by atoms with van der Waals surface area (Å²) in [5.41, 5.74) is 0.0992. The first-order valence-corrected chi connectivity index (χ1v) is 5.92. The van der Waals surface area contributed by atoms with E-state index in [1.54, 1.807) is 0 Å². The fourth-order valence-corrected chi connectivity index (χ4v) is 2.13. The Labute approximate surface area is 108 Å². The van der Waals surface area contributed by atoms with E-state index in [0.717, 1.165) is 18.2 Å². The zero-order valence-electron chi connectivity index (χ0n) is 10.1. The van der Waals surface area contributed by atoms with E-state index in [2.05, 4.69) is 0 Å². The molecule has 1 amide bonds. The van der Waals surface area contributed by atoms with E-state index in [9.17, 15) is 18.4 Å². The maximum Gasteiger partial charge on any atom is 0.307 e. The summed E-state index contributed by atoms with van der Waals surface area (Å²) in [6.07, 6.45) is 0.240. The molecule has 1 saturated heterocycles. The Kier molecular flexibility index (Phi) is 3.78. The van der Waals surface area contributed by atoms with Gasteiger partial charge >= 0.3 is 5.97 Å². The molecule has 4 nitrogen and oxygen atoms in total. The Morgan fingerprint density at radius 2 is 2.16 bits per heavy atom. The summed E-state index contributed by atoms with van der Waals surface area (Å²) in [6.45, 7) is 0.209. The number of carboxylic acids is 1. The van der Waals surface area contributed by atoms with Gasteiger partial charge in [0, 0.05) is 25.1 Å². The predicted molar refractivity (Wildman–Crippen MR) is 62.1 cm³/mol. The average Bonchev–Trinajstić information content (AvgIpc) is 2.36. The number of hydrogen-bond acceptors (Lipinski definition) is 2. The van der Waals surface area contributed by atoms with Gasteiger partial charge in [0.1, 0.15) is 11.6 Å². The lowest BCUT2D eigenvalue weighted by atomic mass is 9.96. The third-order valence-corrected chi connectivity index (χ3v) is 3.24. The highest BCUT2D eigenvalue weighted by atomic mass is 19.1. The van der Waals surface area contributed by atoms with Crippen molar-refractivity contribution in [2.75, 3.05) is 6.54 Å². The third kappa shape index (κ3) is 3.07. The van der Waals surface area contributed by atoms with Gasteiger partial charge in [0.15, 0.2) is 0 Å². The fraction of sp³-hybridized carbons (Fsp3) is 0.385. The molecular formula is C13H13F2NO3. The Balaban J connectivity index is 2.06. The predicted octanol–water partition coefficient (Wildman–Crippen LogP) is 1.79. The summed E-state index contributed by atoms with van der Waals surface area (Å²) >= 11 is 0. The molecule has 1 aliphatic heterocycles. The van der Waals surface area contributed by atoms with E-state index in [4.69, 9.17) is 5.11 Å². The average molecular weight is 269 g/mol. The quantitative estimate of drug-likeness (QED) is 0.910. The number of amides is 1. The van der Waals surface area contributed by atoms with Crippen molar-refractivity contribution in [3.05, 3.63) is 35.4 Å². The van der Waals surface area contributed by atoms with Gasteiger partial charge in [0.05, 0.1) is 5.92 Å². The molecule has 1 aromatic carbocycles. The monoisotopic (exact) mass is 269 g/mol. The molecule has 0 aliphatic carbocycles. The number of hydrogen-bond donors (Lipinski definition) is 1. The minimum atomic E-state index is -0.995. The highest BCUT2D eigenvalue weighted by Gasteiger charge is 2.30. The molecular weight excluding hydrogens is 256 g/mol. The maximum atomic E-state index is 13.5. The Morgan fingerprint density at radius 3 is 2.79 bits per heavy atom. The molecule has 2 rings (SSSR count). The molecule has 1 aromatic rings. The first kappa shape index (κ1) is 13.5. The van der Waals surface area contributed by atoms with Crippen LogP contribution >= 0.6 is 0 Å². The van der Waals surface area contributed by atoms with Crippen LogP contribution in [-0.2, 0) is 16.1 Å². The molecule has 0 spiro atoms. The van der Waals surface area contributed by atoms with Gasteiger partial charge in [-0.3, -0.25) is 9.59 Å². The van der Waals surface area contributed by atoms with Crippen molar-refractivity contribution in [3.63, 3.8) is 0 Å². The van der Waals surface area contributed by atoms with Gasteiger partial charge in [-0.25, -0.2) is 8.78 Å². The molecule has 102 valence electrons.